The van der Waals surface area contributed by atoms with E-state index >= 15 is 0 Å². The van der Waals surface area contributed by atoms with Crippen LogP contribution >= 0.6 is 0 Å². The van der Waals surface area contributed by atoms with E-state index in [9.17, 15) is 9.59 Å². The van der Waals surface area contributed by atoms with Gasteiger partial charge < -0.3 is 0 Å². The molecule has 0 amide bonds. The Kier molecular flexibility index (Phi) is 2.35. The molecule has 5 heteroatoms. The van der Waals surface area contributed by atoms with Gasteiger partial charge in [-0.3, -0.25) is 14.2 Å². The maximum Gasteiger partial charge on any atom is 0.271 e. The lowest BCUT2D eigenvalue weighted by Crippen LogP contribution is -2.26. The third kappa shape index (κ3) is 1.57. The summed E-state index contributed by atoms with van der Waals surface area (Å²) in [5.74, 6) is -0.537. The molecule has 0 bridgehead atoms. The minimum absolute atomic E-state index is 0.0672. The molecule has 0 spiro atoms. The number of hydrogen-bond acceptors (Lipinski definition) is 4. The zero-order chi connectivity index (χ0) is 14.4. The van der Waals surface area contributed by atoms with Gasteiger partial charge in [0.15, 0.2) is 5.82 Å². The van der Waals surface area contributed by atoms with Crippen LogP contribution in [0, 0.1) is 0 Å². The van der Waals surface area contributed by atoms with Gasteiger partial charge in [0, 0.05) is 5.56 Å². The Morgan fingerprint density at radius 3 is 2.19 bits per heavy atom. The van der Waals surface area contributed by atoms with Crippen molar-refractivity contribution >= 4 is 11.6 Å². The fourth-order valence-corrected chi connectivity index (χ4v) is 2.52. The molecular weight excluding hydrogens is 266 g/mol. The number of ketones is 2. The molecule has 1 aliphatic heterocycles. The van der Waals surface area contributed by atoms with Crippen molar-refractivity contribution in [3.05, 3.63) is 66.0 Å². The Morgan fingerprint density at radius 1 is 0.714 bits per heavy atom. The summed E-state index contributed by atoms with van der Waals surface area (Å²) in [5.41, 5.74) is 1.86. The lowest BCUT2D eigenvalue weighted by Gasteiger charge is -2.17. The van der Waals surface area contributed by atoms with Gasteiger partial charge in [0.1, 0.15) is 0 Å². The van der Waals surface area contributed by atoms with Gasteiger partial charge in [-0.2, -0.15) is 0 Å². The SMILES string of the molecule is O=C1C(=O)c2nnc(-c3ccccc3)n2-c2ccccc21. The molecule has 21 heavy (non-hydrogen) atoms. The fraction of sp³-hybridized carbons (Fsp3) is 0. The average molecular weight is 275 g/mol. The molecule has 4 rings (SSSR count). The van der Waals surface area contributed by atoms with Crippen LogP contribution in [0.2, 0.25) is 0 Å². The Morgan fingerprint density at radius 2 is 1.38 bits per heavy atom. The van der Waals surface area contributed by atoms with Gasteiger partial charge in [-0.25, -0.2) is 0 Å². The van der Waals surface area contributed by atoms with Gasteiger partial charge in [0.05, 0.1) is 11.3 Å². The highest BCUT2D eigenvalue weighted by atomic mass is 16.2. The maximum atomic E-state index is 12.2. The first-order chi connectivity index (χ1) is 10.3. The van der Waals surface area contributed by atoms with Crippen molar-refractivity contribution in [2.75, 3.05) is 0 Å². The highest BCUT2D eigenvalue weighted by Gasteiger charge is 2.34. The first kappa shape index (κ1) is 11.7. The van der Waals surface area contributed by atoms with Gasteiger partial charge in [-0.1, -0.05) is 42.5 Å². The highest BCUT2D eigenvalue weighted by Crippen LogP contribution is 2.29. The highest BCUT2D eigenvalue weighted by molar-refractivity contribution is 6.50. The van der Waals surface area contributed by atoms with Crippen molar-refractivity contribution < 1.29 is 9.59 Å². The van der Waals surface area contributed by atoms with Crippen LogP contribution in [-0.2, 0) is 0 Å². The molecule has 1 aliphatic rings. The molecule has 0 atom stereocenters. The van der Waals surface area contributed by atoms with Crippen LogP contribution in [0.4, 0.5) is 0 Å². The molecule has 0 aliphatic carbocycles. The molecule has 0 radical (unpaired) electrons. The van der Waals surface area contributed by atoms with E-state index in [-0.39, 0.29) is 5.82 Å². The quantitative estimate of drug-likeness (QED) is 0.639. The molecule has 5 nitrogen and oxygen atoms in total. The fourth-order valence-electron chi connectivity index (χ4n) is 2.52. The number of carbonyl (C=O) groups is 2. The van der Waals surface area contributed by atoms with Crippen LogP contribution in [0.1, 0.15) is 21.0 Å². The predicted octanol–water partition coefficient (Wildman–Crippen LogP) is 2.31. The first-order valence-corrected chi connectivity index (χ1v) is 6.46. The van der Waals surface area contributed by atoms with E-state index in [1.165, 1.54) is 0 Å². The second-order valence-electron chi connectivity index (χ2n) is 4.72. The Bertz CT molecular complexity index is 882. The van der Waals surface area contributed by atoms with Gasteiger partial charge >= 0.3 is 0 Å². The minimum Gasteiger partial charge on any atom is -0.285 e. The van der Waals surface area contributed by atoms with Gasteiger partial charge in [-0.05, 0) is 12.1 Å². The number of benzene rings is 2. The summed E-state index contributed by atoms with van der Waals surface area (Å²) in [7, 11) is 0. The second-order valence-corrected chi connectivity index (χ2v) is 4.72. The molecule has 3 aromatic rings. The third-order valence-corrected chi connectivity index (χ3v) is 3.49. The predicted molar refractivity (Wildman–Crippen MR) is 75.5 cm³/mol. The Hall–Kier alpha value is -3.08. The summed E-state index contributed by atoms with van der Waals surface area (Å²) in [6.07, 6.45) is 0. The summed E-state index contributed by atoms with van der Waals surface area (Å²) in [6, 6.07) is 16.5. The van der Waals surface area contributed by atoms with Gasteiger partial charge in [0.2, 0.25) is 11.6 Å². The Balaban J connectivity index is 2.05. The number of nitrogens with zero attached hydrogens (tertiary/aromatic N) is 3. The number of para-hydroxylation sites is 1. The lowest BCUT2D eigenvalue weighted by atomic mass is 10.0. The zero-order valence-electron chi connectivity index (χ0n) is 10.9. The van der Waals surface area contributed by atoms with Crippen molar-refractivity contribution in [2.24, 2.45) is 0 Å². The van der Waals surface area contributed by atoms with E-state index in [4.69, 9.17) is 0 Å². The van der Waals surface area contributed by atoms with Crippen LogP contribution in [0.15, 0.2) is 54.6 Å². The summed E-state index contributed by atoms with van der Waals surface area (Å²) in [4.78, 5) is 24.2. The molecule has 0 saturated carbocycles. The molecule has 0 N–H and O–H groups in total. The molecule has 0 fully saturated rings. The standard InChI is InChI=1S/C16H9N3O2/c20-13-11-8-4-5-9-12(11)19-15(10-6-2-1-3-7-10)17-18-16(19)14(13)21/h1-9H. The van der Waals surface area contributed by atoms with Crippen LogP contribution in [0.25, 0.3) is 17.1 Å². The summed E-state index contributed by atoms with van der Waals surface area (Å²) >= 11 is 0. The third-order valence-electron chi connectivity index (χ3n) is 3.49. The average Bonchev–Trinajstić information content (AvgIpc) is 2.99. The van der Waals surface area contributed by atoms with Crippen LogP contribution in [0.5, 0.6) is 0 Å². The van der Waals surface area contributed by atoms with Crippen molar-refractivity contribution in [1.29, 1.82) is 0 Å². The molecule has 0 unspecified atom stereocenters. The molecule has 2 heterocycles. The molecule has 1 aromatic heterocycles. The summed E-state index contributed by atoms with van der Waals surface area (Å²) in [6.45, 7) is 0. The smallest absolute Gasteiger partial charge is 0.271 e. The van der Waals surface area contributed by atoms with E-state index in [1.54, 1.807) is 22.8 Å². The lowest BCUT2D eigenvalue weighted by molar-refractivity contribution is 0.0804. The van der Waals surface area contributed by atoms with E-state index in [0.717, 1.165) is 5.56 Å². The van der Waals surface area contributed by atoms with Crippen LogP contribution in [0.3, 0.4) is 0 Å². The van der Waals surface area contributed by atoms with E-state index in [1.807, 2.05) is 36.4 Å². The normalized spacial score (nSPS) is 13.0. The van der Waals surface area contributed by atoms with Crippen molar-refractivity contribution in [2.45, 2.75) is 0 Å². The molecule has 0 saturated heterocycles. The minimum atomic E-state index is -0.622. The van der Waals surface area contributed by atoms with Gasteiger partial charge in [-0.15, -0.1) is 10.2 Å². The second kappa shape index (κ2) is 4.21. The molecule has 2 aromatic carbocycles. The molecule has 100 valence electrons. The number of aromatic nitrogens is 3. The molecular formula is C16H9N3O2. The largest absolute Gasteiger partial charge is 0.285 e. The van der Waals surface area contributed by atoms with Crippen molar-refractivity contribution in [1.82, 2.24) is 14.8 Å². The monoisotopic (exact) mass is 275 g/mol. The number of fused-ring (bicyclic) bond motifs is 3. The topological polar surface area (TPSA) is 64.8 Å². The van der Waals surface area contributed by atoms with E-state index < -0.39 is 11.6 Å². The summed E-state index contributed by atoms with van der Waals surface area (Å²) in [5, 5.41) is 8.00. The maximum absolute atomic E-state index is 12.2. The Labute approximate surface area is 119 Å². The van der Waals surface area contributed by atoms with Crippen molar-refractivity contribution in [3.63, 3.8) is 0 Å². The van der Waals surface area contributed by atoms with Gasteiger partial charge in [0.25, 0.3) is 5.78 Å². The zero-order valence-corrected chi connectivity index (χ0v) is 10.9. The number of carbonyl (C=O) groups excluding carboxylic acids is 2. The van der Waals surface area contributed by atoms with Crippen LogP contribution < -0.4 is 0 Å². The van der Waals surface area contributed by atoms with E-state index in [2.05, 4.69) is 10.2 Å². The van der Waals surface area contributed by atoms with Crippen molar-refractivity contribution in [3.8, 4) is 17.1 Å². The number of Topliss-reactive ketones (excluding diaryl/α,β-unsaturated/α-hetero) is 2. The summed E-state index contributed by atoms with van der Waals surface area (Å²) < 4.78 is 1.65. The number of rotatable bonds is 1. The van der Waals surface area contributed by atoms with Crippen LogP contribution in [-0.4, -0.2) is 26.3 Å². The first-order valence-electron chi connectivity index (χ1n) is 6.46. The van der Waals surface area contributed by atoms with E-state index in [0.29, 0.717) is 17.1 Å². The number of hydrogen-bond donors (Lipinski definition) is 0.